The molecule has 2 aromatic rings. The van der Waals surface area contributed by atoms with Crippen molar-refractivity contribution < 1.29 is 10.2 Å². The lowest BCUT2D eigenvalue weighted by Crippen LogP contribution is -1.87. The van der Waals surface area contributed by atoms with Crippen LogP contribution < -0.4 is 0 Å². The Hall–Kier alpha value is -1.80. The quantitative estimate of drug-likeness (QED) is 0.851. The maximum atomic E-state index is 8.63. The fourth-order valence-corrected chi connectivity index (χ4v) is 1.36. The summed E-state index contributed by atoms with van der Waals surface area (Å²) in [4.78, 5) is 0. The molecule has 2 nitrogen and oxygen atoms in total. The molecule has 0 unspecified atom stereocenters. The summed E-state index contributed by atoms with van der Waals surface area (Å²) in [5, 5.41) is 17.2. The first-order chi connectivity index (χ1) is 8.33. The molecule has 0 saturated heterocycles. The Morgan fingerprint density at radius 2 is 1.29 bits per heavy atom. The summed E-state index contributed by atoms with van der Waals surface area (Å²) in [5.41, 5.74) is 1.30. The number of para-hydroxylation sites is 1. The monoisotopic (exact) mass is 230 g/mol. The molecule has 0 atom stereocenters. The fourth-order valence-electron chi connectivity index (χ4n) is 1.36. The highest BCUT2D eigenvalue weighted by Crippen LogP contribution is 2.03. The number of aliphatic hydroxyl groups is 1. The summed E-state index contributed by atoms with van der Waals surface area (Å²) in [6.07, 6.45) is 1.85. The van der Waals surface area contributed by atoms with Crippen molar-refractivity contribution >= 4 is 0 Å². The van der Waals surface area contributed by atoms with E-state index in [1.165, 1.54) is 5.56 Å². The zero-order chi connectivity index (χ0) is 12.3. The van der Waals surface area contributed by atoms with Gasteiger partial charge in [-0.05, 0) is 30.5 Å². The number of rotatable bonds is 3. The molecule has 17 heavy (non-hydrogen) atoms. The summed E-state index contributed by atoms with van der Waals surface area (Å²) < 4.78 is 0. The Bertz CT molecular complexity index is 384. The Morgan fingerprint density at radius 3 is 1.71 bits per heavy atom. The van der Waals surface area contributed by atoms with Crippen molar-refractivity contribution in [2.75, 3.05) is 6.61 Å². The molecule has 0 aromatic heterocycles. The number of phenolic OH excluding ortho intramolecular Hbond substituents is 1. The minimum absolute atomic E-state index is 0.287. The second-order valence-corrected chi connectivity index (χ2v) is 3.65. The van der Waals surface area contributed by atoms with Gasteiger partial charge in [0.25, 0.3) is 0 Å². The molecular formula is C15H18O2. The van der Waals surface area contributed by atoms with E-state index < -0.39 is 0 Å². The minimum atomic E-state index is 0.287. The van der Waals surface area contributed by atoms with Crippen molar-refractivity contribution in [2.24, 2.45) is 0 Å². The SMILES string of the molecule is OCCCc1ccccc1.Oc1ccccc1. The van der Waals surface area contributed by atoms with Crippen LogP contribution in [-0.4, -0.2) is 16.8 Å². The van der Waals surface area contributed by atoms with Gasteiger partial charge in [-0.25, -0.2) is 0 Å². The second kappa shape index (κ2) is 8.36. The molecule has 0 amide bonds. The van der Waals surface area contributed by atoms with E-state index in [2.05, 4.69) is 12.1 Å². The maximum Gasteiger partial charge on any atom is 0.115 e. The predicted octanol–water partition coefficient (Wildman–Crippen LogP) is 3.00. The lowest BCUT2D eigenvalue weighted by molar-refractivity contribution is 0.288. The average molecular weight is 230 g/mol. The highest BCUT2D eigenvalue weighted by atomic mass is 16.3. The molecule has 0 radical (unpaired) electrons. The number of aryl methyl sites for hydroxylation is 1. The first-order valence-electron chi connectivity index (χ1n) is 5.71. The molecule has 2 aromatic carbocycles. The van der Waals surface area contributed by atoms with E-state index >= 15 is 0 Å². The van der Waals surface area contributed by atoms with Crippen molar-refractivity contribution in [3.05, 3.63) is 66.2 Å². The van der Waals surface area contributed by atoms with E-state index in [0.717, 1.165) is 12.8 Å². The Balaban J connectivity index is 0.000000181. The van der Waals surface area contributed by atoms with Gasteiger partial charge in [0, 0.05) is 6.61 Å². The molecule has 2 N–H and O–H groups in total. The van der Waals surface area contributed by atoms with Gasteiger partial charge in [-0.3, -0.25) is 0 Å². The predicted molar refractivity (Wildman–Crippen MR) is 70.0 cm³/mol. The van der Waals surface area contributed by atoms with Crippen molar-refractivity contribution in [3.63, 3.8) is 0 Å². The lowest BCUT2D eigenvalue weighted by atomic mass is 10.1. The van der Waals surface area contributed by atoms with Gasteiger partial charge in [-0.15, -0.1) is 0 Å². The fraction of sp³-hybridized carbons (Fsp3) is 0.200. The topological polar surface area (TPSA) is 40.5 Å². The zero-order valence-electron chi connectivity index (χ0n) is 9.79. The molecule has 2 rings (SSSR count). The van der Waals surface area contributed by atoms with Crippen molar-refractivity contribution in [3.8, 4) is 5.75 Å². The Kier molecular flexibility index (Phi) is 6.53. The molecule has 0 heterocycles. The van der Waals surface area contributed by atoms with E-state index in [-0.39, 0.29) is 6.61 Å². The molecule has 0 aliphatic rings. The maximum absolute atomic E-state index is 8.63. The van der Waals surface area contributed by atoms with E-state index in [9.17, 15) is 0 Å². The number of hydrogen-bond acceptors (Lipinski definition) is 2. The van der Waals surface area contributed by atoms with Gasteiger partial charge < -0.3 is 10.2 Å². The highest BCUT2D eigenvalue weighted by molar-refractivity contribution is 5.18. The van der Waals surface area contributed by atoms with Gasteiger partial charge in [-0.1, -0.05) is 48.5 Å². The van der Waals surface area contributed by atoms with Gasteiger partial charge in [0.1, 0.15) is 5.75 Å². The molecular weight excluding hydrogens is 212 g/mol. The van der Waals surface area contributed by atoms with Crippen LogP contribution in [0.15, 0.2) is 60.7 Å². The van der Waals surface area contributed by atoms with Gasteiger partial charge in [0.2, 0.25) is 0 Å². The third kappa shape index (κ3) is 6.38. The normalized spacial score (nSPS) is 9.24. The minimum Gasteiger partial charge on any atom is -0.508 e. The van der Waals surface area contributed by atoms with Crippen LogP contribution in [0.5, 0.6) is 5.75 Å². The molecule has 0 aliphatic carbocycles. The van der Waals surface area contributed by atoms with Crippen LogP contribution in [0.25, 0.3) is 0 Å². The third-order valence-electron chi connectivity index (χ3n) is 2.22. The second-order valence-electron chi connectivity index (χ2n) is 3.65. The first kappa shape index (κ1) is 13.3. The molecule has 0 aliphatic heterocycles. The summed E-state index contributed by atoms with van der Waals surface area (Å²) in [6.45, 7) is 0.287. The zero-order valence-corrected chi connectivity index (χ0v) is 9.79. The molecule has 90 valence electrons. The summed E-state index contributed by atoms with van der Waals surface area (Å²) in [7, 11) is 0. The van der Waals surface area contributed by atoms with Crippen LogP contribution in [0.2, 0.25) is 0 Å². The van der Waals surface area contributed by atoms with E-state index in [1.54, 1.807) is 24.3 Å². The summed E-state index contributed by atoms with van der Waals surface area (Å²) >= 11 is 0. The number of hydrogen-bond donors (Lipinski definition) is 2. The molecule has 0 bridgehead atoms. The van der Waals surface area contributed by atoms with Crippen LogP contribution in [0.3, 0.4) is 0 Å². The third-order valence-corrected chi connectivity index (χ3v) is 2.22. The average Bonchev–Trinajstić information content (AvgIpc) is 2.39. The van der Waals surface area contributed by atoms with Crippen molar-refractivity contribution in [2.45, 2.75) is 12.8 Å². The standard InChI is InChI=1S/C9H12O.C6H6O/c10-8-4-7-9-5-2-1-3-6-9;7-6-4-2-1-3-5-6/h1-3,5-6,10H,4,7-8H2;1-5,7H. The smallest absolute Gasteiger partial charge is 0.115 e. The Labute approximate surface area is 102 Å². The van der Waals surface area contributed by atoms with E-state index in [4.69, 9.17) is 10.2 Å². The van der Waals surface area contributed by atoms with Crippen LogP contribution in [0, 0.1) is 0 Å². The van der Waals surface area contributed by atoms with Crippen molar-refractivity contribution in [1.82, 2.24) is 0 Å². The van der Waals surface area contributed by atoms with Crippen LogP contribution in [0.1, 0.15) is 12.0 Å². The van der Waals surface area contributed by atoms with Gasteiger partial charge in [-0.2, -0.15) is 0 Å². The number of phenols is 1. The summed E-state index contributed by atoms with van der Waals surface area (Å²) in [6, 6.07) is 18.9. The van der Waals surface area contributed by atoms with E-state index in [0.29, 0.717) is 5.75 Å². The number of benzene rings is 2. The number of aliphatic hydroxyl groups excluding tert-OH is 1. The number of aromatic hydroxyl groups is 1. The molecule has 0 spiro atoms. The highest BCUT2D eigenvalue weighted by Gasteiger charge is 1.88. The Morgan fingerprint density at radius 1 is 0.765 bits per heavy atom. The molecule has 0 saturated carbocycles. The largest absolute Gasteiger partial charge is 0.508 e. The molecule has 2 heteroatoms. The van der Waals surface area contributed by atoms with Crippen molar-refractivity contribution in [1.29, 1.82) is 0 Å². The van der Waals surface area contributed by atoms with Crippen LogP contribution in [0.4, 0.5) is 0 Å². The summed E-state index contributed by atoms with van der Waals surface area (Å²) in [5.74, 6) is 0.322. The van der Waals surface area contributed by atoms with Crippen LogP contribution in [-0.2, 0) is 6.42 Å². The van der Waals surface area contributed by atoms with Gasteiger partial charge in [0.15, 0.2) is 0 Å². The first-order valence-corrected chi connectivity index (χ1v) is 5.71. The lowest BCUT2D eigenvalue weighted by Gasteiger charge is -1.96. The van der Waals surface area contributed by atoms with Gasteiger partial charge >= 0.3 is 0 Å². The van der Waals surface area contributed by atoms with E-state index in [1.807, 2.05) is 24.3 Å². The van der Waals surface area contributed by atoms with Gasteiger partial charge in [0.05, 0.1) is 0 Å². The molecule has 0 fully saturated rings. The van der Waals surface area contributed by atoms with Crippen LogP contribution >= 0.6 is 0 Å².